The van der Waals surface area contributed by atoms with Gasteiger partial charge in [-0.3, -0.25) is 15.0 Å². The number of nitrogens with one attached hydrogen (secondary N) is 1. The molecule has 1 saturated heterocycles. The number of aromatic nitrogens is 3. The molecule has 2 aromatic heterocycles. The van der Waals surface area contributed by atoms with Crippen LogP contribution in [-0.2, 0) is 11.3 Å². The van der Waals surface area contributed by atoms with E-state index in [9.17, 15) is 0 Å². The first-order valence-electron chi connectivity index (χ1n) is 7.97. The largest absolute Gasteiger partial charge is 0.378 e. The number of morpholine rings is 1. The Morgan fingerprint density at radius 2 is 2.22 bits per heavy atom. The third kappa shape index (κ3) is 2.73. The van der Waals surface area contributed by atoms with Gasteiger partial charge < -0.3 is 4.74 Å². The Balaban J connectivity index is 1.67. The fraction of sp³-hybridized carbons (Fsp3) is 0.333. The van der Waals surface area contributed by atoms with E-state index in [0.717, 1.165) is 30.9 Å². The van der Waals surface area contributed by atoms with Gasteiger partial charge in [0.25, 0.3) is 0 Å². The maximum absolute atomic E-state index is 5.71. The van der Waals surface area contributed by atoms with E-state index in [0.29, 0.717) is 6.61 Å². The predicted molar refractivity (Wildman–Crippen MR) is 89.0 cm³/mol. The van der Waals surface area contributed by atoms with Gasteiger partial charge in [-0.15, -0.1) is 0 Å². The summed E-state index contributed by atoms with van der Waals surface area (Å²) >= 11 is 0. The lowest BCUT2D eigenvalue weighted by Crippen LogP contribution is -2.39. The summed E-state index contributed by atoms with van der Waals surface area (Å²) in [7, 11) is 0. The number of nitrogens with zero attached hydrogens (tertiary/aromatic N) is 3. The predicted octanol–water partition coefficient (Wildman–Crippen LogP) is 2.84. The fourth-order valence-electron chi connectivity index (χ4n) is 3.30. The lowest BCUT2D eigenvalue weighted by molar-refractivity contribution is -0.0143. The number of hydrogen-bond acceptors (Lipinski definition) is 4. The molecule has 1 aliphatic heterocycles. The Hall–Kier alpha value is -2.24. The van der Waals surface area contributed by atoms with Crippen LogP contribution in [0.4, 0.5) is 0 Å². The van der Waals surface area contributed by atoms with Crippen molar-refractivity contribution in [3.8, 4) is 0 Å². The summed E-state index contributed by atoms with van der Waals surface area (Å²) in [6.07, 6.45) is 3.78. The first-order valence-corrected chi connectivity index (χ1v) is 7.97. The second kappa shape index (κ2) is 6.10. The first-order chi connectivity index (χ1) is 11.3. The monoisotopic (exact) mass is 308 g/mol. The van der Waals surface area contributed by atoms with Gasteiger partial charge in [0, 0.05) is 24.7 Å². The van der Waals surface area contributed by atoms with Crippen LogP contribution in [0.1, 0.15) is 22.9 Å². The van der Waals surface area contributed by atoms with E-state index >= 15 is 0 Å². The van der Waals surface area contributed by atoms with Crippen LogP contribution >= 0.6 is 0 Å². The van der Waals surface area contributed by atoms with E-state index in [2.05, 4.69) is 51.3 Å². The van der Waals surface area contributed by atoms with Gasteiger partial charge in [0.05, 0.1) is 36.7 Å². The van der Waals surface area contributed by atoms with Crippen molar-refractivity contribution in [3.05, 3.63) is 59.5 Å². The fourth-order valence-corrected chi connectivity index (χ4v) is 3.30. The summed E-state index contributed by atoms with van der Waals surface area (Å²) in [6, 6.07) is 10.7. The van der Waals surface area contributed by atoms with E-state index in [-0.39, 0.29) is 6.04 Å². The molecule has 0 amide bonds. The third-order valence-electron chi connectivity index (χ3n) is 4.55. The van der Waals surface area contributed by atoms with Gasteiger partial charge >= 0.3 is 0 Å². The standard InChI is InChI=1S/C18H20N4O/c1-13-10-20-21-18(13)17-12-23-9-8-22(17)11-14-6-7-19-16-5-3-2-4-15(14)16/h2-7,10,17H,8-9,11-12H2,1H3,(H,20,21)/t17-/m1/s1. The van der Waals surface area contributed by atoms with Gasteiger partial charge in [0.15, 0.2) is 0 Å². The van der Waals surface area contributed by atoms with Crippen molar-refractivity contribution in [3.63, 3.8) is 0 Å². The maximum atomic E-state index is 5.71. The van der Waals surface area contributed by atoms with Crippen LogP contribution in [0.25, 0.3) is 10.9 Å². The number of fused-ring (bicyclic) bond motifs is 1. The zero-order valence-electron chi connectivity index (χ0n) is 13.2. The van der Waals surface area contributed by atoms with E-state index in [1.165, 1.54) is 16.5 Å². The second-order valence-corrected chi connectivity index (χ2v) is 6.02. The van der Waals surface area contributed by atoms with Gasteiger partial charge in [-0.2, -0.15) is 5.10 Å². The zero-order chi connectivity index (χ0) is 15.6. The summed E-state index contributed by atoms with van der Waals surface area (Å²) in [5.74, 6) is 0. The number of aryl methyl sites for hydroxylation is 1. The summed E-state index contributed by atoms with van der Waals surface area (Å²) in [5, 5.41) is 8.54. The highest BCUT2D eigenvalue weighted by molar-refractivity contribution is 5.81. The highest BCUT2D eigenvalue weighted by Gasteiger charge is 2.27. The summed E-state index contributed by atoms with van der Waals surface area (Å²) in [6.45, 7) is 5.36. The molecule has 0 aliphatic carbocycles. The van der Waals surface area contributed by atoms with Gasteiger partial charge in [-0.05, 0) is 30.2 Å². The lowest BCUT2D eigenvalue weighted by atomic mass is 10.0. The smallest absolute Gasteiger partial charge is 0.0758 e. The number of aromatic amines is 1. The highest BCUT2D eigenvalue weighted by atomic mass is 16.5. The Labute approximate surface area is 135 Å². The van der Waals surface area contributed by atoms with E-state index in [4.69, 9.17) is 4.74 Å². The quantitative estimate of drug-likeness (QED) is 0.808. The van der Waals surface area contributed by atoms with Crippen molar-refractivity contribution in [1.82, 2.24) is 20.1 Å². The number of pyridine rings is 1. The van der Waals surface area contributed by atoms with Gasteiger partial charge in [0.1, 0.15) is 0 Å². The van der Waals surface area contributed by atoms with Crippen LogP contribution in [-0.4, -0.2) is 39.8 Å². The second-order valence-electron chi connectivity index (χ2n) is 6.02. The van der Waals surface area contributed by atoms with Crippen molar-refractivity contribution in [2.24, 2.45) is 0 Å². The number of benzene rings is 1. The molecule has 118 valence electrons. The molecule has 1 aliphatic rings. The Bertz CT molecular complexity index is 808. The van der Waals surface area contributed by atoms with Crippen LogP contribution in [0.15, 0.2) is 42.7 Å². The summed E-state index contributed by atoms with van der Waals surface area (Å²) in [4.78, 5) is 6.92. The van der Waals surface area contributed by atoms with Crippen LogP contribution in [0, 0.1) is 6.92 Å². The zero-order valence-corrected chi connectivity index (χ0v) is 13.2. The van der Waals surface area contributed by atoms with Crippen molar-refractivity contribution < 1.29 is 4.74 Å². The van der Waals surface area contributed by atoms with Gasteiger partial charge in [0.2, 0.25) is 0 Å². The van der Waals surface area contributed by atoms with Crippen molar-refractivity contribution in [1.29, 1.82) is 0 Å². The SMILES string of the molecule is Cc1cn[nH]c1[C@H]1COCCN1Cc1ccnc2ccccc12. The molecule has 23 heavy (non-hydrogen) atoms. The van der Waals surface area contributed by atoms with Crippen LogP contribution in [0.2, 0.25) is 0 Å². The third-order valence-corrected chi connectivity index (χ3v) is 4.55. The van der Waals surface area contributed by atoms with Gasteiger partial charge in [-0.25, -0.2) is 0 Å². The van der Waals surface area contributed by atoms with Crippen molar-refractivity contribution in [2.75, 3.05) is 19.8 Å². The van der Waals surface area contributed by atoms with E-state index in [1.54, 1.807) is 0 Å². The minimum absolute atomic E-state index is 0.221. The minimum atomic E-state index is 0.221. The molecule has 1 atom stereocenters. The molecule has 5 heteroatoms. The summed E-state index contributed by atoms with van der Waals surface area (Å²) in [5.41, 5.74) is 4.69. The number of hydrogen-bond donors (Lipinski definition) is 1. The number of ether oxygens (including phenoxy) is 1. The molecule has 3 aromatic rings. The molecule has 0 bridgehead atoms. The van der Waals surface area contributed by atoms with Crippen LogP contribution in [0.3, 0.4) is 0 Å². The Kier molecular flexibility index (Phi) is 3.81. The molecule has 1 fully saturated rings. The average Bonchev–Trinajstić information content (AvgIpc) is 3.02. The Morgan fingerprint density at radius 3 is 3.09 bits per heavy atom. The molecule has 4 rings (SSSR count). The molecule has 0 saturated carbocycles. The first kappa shape index (κ1) is 14.4. The Morgan fingerprint density at radius 1 is 1.30 bits per heavy atom. The molecule has 0 unspecified atom stereocenters. The highest BCUT2D eigenvalue weighted by Crippen LogP contribution is 2.28. The number of para-hydroxylation sites is 1. The normalized spacial score (nSPS) is 19.3. The molecule has 3 heterocycles. The molecule has 1 N–H and O–H groups in total. The van der Waals surface area contributed by atoms with Crippen LogP contribution < -0.4 is 0 Å². The maximum Gasteiger partial charge on any atom is 0.0758 e. The topological polar surface area (TPSA) is 54.0 Å². The van der Waals surface area contributed by atoms with E-state index in [1.807, 2.05) is 18.5 Å². The minimum Gasteiger partial charge on any atom is -0.378 e. The number of H-pyrrole nitrogens is 1. The van der Waals surface area contributed by atoms with Crippen LogP contribution in [0.5, 0.6) is 0 Å². The number of rotatable bonds is 3. The van der Waals surface area contributed by atoms with E-state index < -0.39 is 0 Å². The molecule has 0 spiro atoms. The molecular weight excluding hydrogens is 288 g/mol. The molecule has 1 aromatic carbocycles. The summed E-state index contributed by atoms with van der Waals surface area (Å²) < 4.78 is 5.71. The van der Waals surface area contributed by atoms with Crippen molar-refractivity contribution in [2.45, 2.75) is 19.5 Å². The van der Waals surface area contributed by atoms with Gasteiger partial charge in [-0.1, -0.05) is 18.2 Å². The molecular formula is C18H20N4O. The average molecular weight is 308 g/mol. The molecule has 0 radical (unpaired) electrons. The molecule has 5 nitrogen and oxygen atoms in total. The van der Waals surface area contributed by atoms with Crippen molar-refractivity contribution >= 4 is 10.9 Å². The lowest BCUT2D eigenvalue weighted by Gasteiger charge is -2.35.